The van der Waals surface area contributed by atoms with Gasteiger partial charge in [-0.1, -0.05) is 45.2 Å². The molecule has 98 valence electrons. The molecular weight excluding hydrogens is 356 g/mol. The van der Waals surface area contributed by atoms with E-state index in [4.69, 9.17) is 23.2 Å². The van der Waals surface area contributed by atoms with E-state index in [1.807, 2.05) is 0 Å². The lowest BCUT2D eigenvalue weighted by Crippen LogP contribution is -2.07. The number of benzene rings is 1. The average molecular weight is 363 g/mol. The van der Waals surface area contributed by atoms with Gasteiger partial charge in [0.05, 0.1) is 10.0 Å². The van der Waals surface area contributed by atoms with Gasteiger partial charge in [-0.25, -0.2) is 9.37 Å². The van der Waals surface area contributed by atoms with Gasteiger partial charge in [0, 0.05) is 17.1 Å². The minimum atomic E-state index is -0.370. The molecule has 2 aromatic rings. The third kappa shape index (κ3) is 3.53. The average Bonchev–Trinajstić information content (AvgIpc) is 2.32. The number of Topliss-reactive ketones (excluding diaryl/α,β-unsaturated/α-hetero) is 1. The van der Waals surface area contributed by atoms with Gasteiger partial charge in [-0.3, -0.25) is 4.79 Å². The van der Waals surface area contributed by atoms with Crippen LogP contribution < -0.4 is 0 Å². The van der Waals surface area contributed by atoms with Crippen molar-refractivity contribution in [2.24, 2.45) is 0 Å². The second-order valence-corrected chi connectivity index (χ2v) is 5.52. The standard InChI is InChI=1S/C13H7BrCl2FNO/c14-10-5-9(17)2-1-7(10)3-12(19)13-11(16)4-8(15)6-18-13/h1-2,4-6H,3H2. The molecule has 0 bridgehead atoms. The quantitative estimate of drug-likeness (QED) is 0.739. The van der Waals surface area contributed by atoms with Gasteiger partial charge in [0.2, 0.25) is 0 Å². The predicted molar refractivity (Wildman–Crippen MR) is 76.4 cm³/mol. The first-order valence-corrected chi connectivity index (χ1v) is 6.80. The number of carbonyl (C=O) groups excluding carboxylic acids is 1. The molecule has 1 aromatic carbocycles. The third-order valence-corrected chi connectivity index (χ3v) is 3.67. The number of nitrogens with zero attached hydrogens (tertiary/aromatic N) is 1. The fraction of sp³-hybridized carbons (Fsp3) is 0.0769. The Balaban J connectivity index is 2.25. The molecule has 1 aromatic heterocycles. The van der Waals surface area contributed by atoms with Crippen LogP contribution >= 0.6 is 39.1 Å². The lowest BCUT2D eigenvalue weighted by molar-refractivity contribution is 0.0988. The van der Waals surface area contributed by atoms with Gasteiger partial charge in [0.1, 0.15) is 11.5 Å². The predicted octanol–water partition coefficient (Wildman–Crippen LogP) is 4.72. The van der Waals surface area contributed by atoms with Crippen molar-refractivity contribution in [1.29, 1.82) is 0 Å². The van der Waals surface area contributed by atoms with Gasteiger partial charge in [0.25, 0.3) is 0 Å². The molecular formula is C13H7BrCl2FNO. The normalized spacial score (nSPS) is 10.5. The monoisotopic (exact) mass is 361 g/mol. The largest absolute Gasteiger partial charge is 0.292 e. The maximum absolute atomic E-state index is 13.0. The summed E-state index contributed by atoms with van der Waals surface area (Å²) in [6.45, 7) is 0. The Kier molecular flexibility index (Phi) is 4.55. The van der Waals surface area contributed by atoms with Crippen LogP contribution in [0.2, 0.25) is 10.0 Å². The van der Waals surface area contributed by atoms with E-state index in [2.05, 4.69) is 20.9 Å². The molecule has 0 N–H and O–H groups in total. The summed E-state index contributed by atoms with van der Waals surface area (Å²) < 4.78 is 13.5. The van der Waals surface area contributed by atoms with Crippen molar-refractivity contribution in [1.82, 2.24) is 4.98 Å². The molecule has 6 heteroatoms. The summed E-state index contributed by atoms with van der Waals surface area (Å²) in [6, 6.07) is 5.61. The van der Waals surface area contributed by atoms with Crippen molar-refractivity contribution in [3.63, 3.8) is 0 Å². The minimum absolute atomic E-state index is 0.0786. The Bertz CT molecular complexity index is 649. The highest BCUT2D eigenvalue weighted by Crippen LogP contribution is 2.23. The number of rotatable bonds is 3. The lowest BCUT2D eigenvalue weighted by atomic mass is 10.1. The van der Waals surface area contributed by atoms with Gasteiger partial charge in [-0.15, -0.1) is 0 Å². The van der Waals surface area contributed by atoms with E-state index in [0.717, 1.165) is 0 Å². The fourth-order valence-electron chi connectivity index (χ4n) is 1.54. The van der Waals surface area contributed by atoms with E-state index in [0.29, 0.717) is 15.1 Å². The first-order valence-electron chi connectivity index (χ1n) is 5.25. The van der Waals surface area contributed by atoms with Gasteiger partial charge < -0.3 is 0 Å². The van der Waals surface area contributed by atoms with Crippen LogP contribution in [-0.2, 0) is 6.42 Å². The van der Waals surface area contributed by atoms with Crippen LogP contribution in [-0.4, -0.2) is 10.8 Å². The first-order chi connectivity index (χ1) is 8.97. The molecule has 0 unspecified atom stereocenters. The van der Waals surface area contributed by atoms with Crippen LogP contribution in [0.1, 0.15) is 16.1 Å². The summed E-state index contributed by atoms with van der Waals surface area (Å²) in [5.41, 5.74) is 0.821. The van der Waals surface area contributed by atoms with Gasteiger partial charge in [0.15, 0.2) is 5.78 Å². The molecule has 0 spiro atoms. The summed E-state index contributed by atoms with van der Waals surface area (Å²) in [6.07, 6.45) is 1.44. The number of pyridine rings is 1. The molecule has 0 amide bonds. The van der Waals surface area contributed by atoms with Crippen LogP contribution in [0, 0.1) is 5.82 Å². The summed E-state index contributed by atoms with van der Waals surface area (Å²) in [4.78, 5) is 16.0. The highest BCUT2D eigenvalue weighted by atomic mass is 79.9. The molecule has 2 rings (SSSR count). The molecule has 0 aliphatic heterocycles. The molecule has 0 aliphatic carbocycles. The smallest absolute Gasteiger partial charge is 0.187 e. The Labute approximate surface area is 127 Å². The van der Waals surface area contributed by atoms with E-state index >= 15 is 0 Å². The lowest BCUT2D eigenvalue weighted by Gasteiger charge is -2.05. The zero-order valence-corrected chi connectivity index (χ0v) is 12.6. The number of hydrogen-bond acceptors (Lipinski definition) is 2. The molecule has 0 radical (unpaired) electrons. The van der Waals surface area contributed by atoms with E-state index in [9.17, 15) is 9.18 Å². The van der Waals surface area contributed by atoms with E-state index < -0.39 is 0 Å². The van der Waals surface area contributed by atoms with Gasteiger partial charge in [-0.2, -0.15) is 0 Å². The van der Waals surface area contributed by atoms with Crippen molar-refractivity contribution in [3.05, 3.63) is 62.1 Å². The summed E-state index contributed by atoms with van der Waals surface area (Å²) in [5, 5.41) is 0.570. The van der Waals surface area contributed by atoms with Gasteiger partial charge in [-0.05, 0) is 23.8 Å². The second kappa shape index (κ2) is 5.99. The Hall–Kier alpha value is -0.970. The first kappa shape index (κ1) is 14.4. The second-order valence-electron chi connectivity index (χ2n) is 3.82. The van der Waals surface area contributed by atoms with Gasteiger partial charge >= 0.3 is 0 Å². The van der Waals surface area contributed by atoms with Crippen LogP contribution in [0.5, 0.6) is 0 Å². The van der Waals surface area contributed by atoms with Crippen LogP contribution in [0.25, 0.3) is 0 Å². The Morgan fingerprint density at radius 2 is 2.05 bits per heavy atom. The topological polar surface area (TPSA) is 30.0 Å². The Morgan fingerprint density at radius 1 is 1.32 bits per heavy atom. The zero-order valence-electron chi connectivity index (χ0n) is 9.46. The maximum atomic E-state index is 13.0. The summed E-state index contributed by atoms with van der Waals surface area (Å²) in [7, 11) is 0. The molecule has 19 heavy (non-hydrogen) atoms. The van der Waals surface area contributed by atoms with Crippen molar-refractivity contribution in [2.75, 3.05) is 0 Å². The van der Waals surface area contributed by atoms with Crippen molar-refractivity contribution >= 4 is 44.9 Å². The van der Waals surface area contributed by atoms with E-state index in [1.54, 1.807) is 6.07 Å². The number of ketones is 1. The van der Waals surface area contributed by atoms with E-state index in [1.165, 1.54) is 24.4 Å². The highest BCUT2D eigenvalue weighted by Gasteiger charge is 2.15. The molecule has 0 aliphatic rings. The Morgan fingerprint density at radius 3 is 2.68 bits per heavy atom. The van der Waals surface area contributed by atoms with Crippen molar-refractivity contribution < 1.29 is 9.18 Å². The third-order valence-electron chi connectivity index (χ3n) is 2.44. The van der Waals surface area contributed by atoms with Crippen molar-refractivity contribution in [3.8, 4) is 0 Å². The molecule has 0 atom stereocenters. The SMILES string of the molecule is O=C(Cc1ccc(F)cc1Br)c1ncc(Cl)cc1Cl. The maximum Gasteiger partial charge on any atom is 0.187 e. The molecule has 2 nitrogen and oxygen atoms in total. The molecule has 0 fully saturated rings. The summed E-state index contributed by atoms with van der Waals surface area (Å²) in [5.74, 6) is -0.625. The van der Waals surface area contributed by atoms with E-state index in [-0.39, 0.29) is 28.7 Å². The highest BCUT2D eigenvalue weighted by molar-refractivity contribution is 9.10. The van der Waals surface area contributed by atoms with Crippen LogP contribution in [0.4, 0.5) is 4.39 Å². The molecule has 1 heterocycles. The van der Waals surface area contributed by atoms with Crippen molar-refractivity contribution in [2.45, 2.75) is 6.42 Å². The number of carbonyl (C=O) groups is 1. The van der Waals surface area contributed by atoms with Crippen LogP contribution in [0.3, 0.4) is 0 Å². The number of aromatic nitrogens is 1. The summed E-state index contributed by atoms with van der Waals surface area (Å²) >= 11 is 14.8. The minimum Gasteiger partial charge on any atom is -0.292 e. The van der Waals surface area contributed by atoms with Crippen LogP contribution in [0.15, 0.2) is 34.9 Å². The number of hydrogen-bond donors (Lipinski definition) is 0. The number of halogens is 4. The fourth-order valence-corrected chi connectivity index (χ4v) is 2.52. The molecule has 0 saturated carbocycles. The molecule has 0 saturated heterocycles. The zero-order chi connectivity index (χ0) is 14.0.